The second-order valence-electron chi connectivity index (χ2n) is 4.32. The number of hydrogen-bond donors (Lipinski definition) is 1. The van der Waals surface area contributed by atoms with Gasteiger partial charge in [0.2, 0.25) is 5.89 Å². The average Bonchev–Trinajstić information content (AvgIpc) is 2.99. The van der Waals surface area contributed by atoms with Crippen LogP contribution in [-0.2, 0) is 6.54 Å². The molecule has 1 saturated carbocycles. The maximum atomic E-state index is 5.58. The first-order chi connectivity index (χ1) is 7.20. The Kier molecular flexibility index (Phi) is 3.02. The summed E-state index contributed by atoms with van der Waals surface area (Å²) in [6.45, 7) is 3.40. The van der Waals surface area contributed by atoms with Crippen molar-refractivity contribution in [1.82, 2.24) is 15.0 Å². The summed E-state index contributed by atoms with van der Waals surface area (Å²) in [5, 5.41) is 3.97. The van der Waals surface area contributed by atoms with Gasteiger partial charge in [0.25, 0.3) is 0 Å². The van der Waals surface area contributed by atoms with Crippen LogP contribution in [0.1, 0.15) is 37.4 Å². The summed E-state index contributed by atoms with van der Waals surface area (Å²) in [7, 11) is 2.01. The van der Waals surface area contributed by atoms with Crippen molar-refractivity contribution in [3.05, 3.63) is 11.7 Å². The molecule has 5 heteroatoms. The fourth-order valence-corrected chi connectivity index (χ4v) is 1.39. The molecule has 84 valence electrons. The third-order valence-corrected chi connectivity index (χ3v) is 2.90. The number of hydrogen-bond acceptors (Lipinski definition) is 5. The molecule has 0 spiro atoms. The number of aromatic nitrogens is 2. The molecular formula is C10H18N4O. The normalized spacial score (nSPS) is 18.4. The lowest BCUT2D eigenvalue weighted by atomic mass is 10.3. The van der Waals surface area contributed by atoms with E-state index in [0.29, 0.717) is 30.9 Å². The lowest BCUT2D eigenvalue weighted by Crippen LogP contribution is -2.34. The van der Waals surface area contributed by atoms with Crippen molar-refractivity contribution in [3.63, 3.8) is 0 Å². The SMILES string of the molecule is CC(CN)N(C)Cc1nc(C2CC2)no1. The molecule has 1 unspecified atom stereocenters. The van der Waals surface area contributed by atoms with Crippen molar-refractivity contribution in [2.75, 3.05) is 13.6 Å². The van der Waals surface area contributed by atoms with Gasteiger partial charge < -0.3 is 10.3 Å². The molecule has 5 nitrogen and oxygen atoms in total. The van der Waals surface area contributed by atoms with E-state index in [0.717, 1.165) is 5.82 Å². The van der Waals surface area contributed by atoms with E-state index in [4.69, 9.17) is 10.3 Å². The molecule has 0 amide bonds. The molecule has 1 aromatic heterocycles. The van der Waals surface area contributed by atoms with Crippen LogP contribution in [0.15, 0.2) is 4.52 Å². The van der Waals surface area contributed by atoms with Crippen molar-refractivity contribution in [3.8, 4) is 0 Å². The van der Waals surface area contributed by atoms with E-state index in [1.807, 2.05) is 7.05 Å². The Labute approximate surface area is 89.6 Å². The van der Waals surface area contributed by atoms with Crippen LogP contribution >= 0.6 is 0 Å². The van der Waals surface area contributed by atoms with Gasteiger partial charge in [0.1, 0.15) is 0 Å². The van der Waals surface area contributed by atoms with Gasteiger partial charge in [-0.1, -0.05) is 5.16 Å². The van der Waals surface area contributed by atoms with Gasteiger partial charge in [0.15, 0.2) is 5.82 Å². The summed E-state index contributed by atoms with van der Waals surface area (Å²) in [4.78, 5) is 6.48. The lowest BCUT2D eigenvalue weighted by Gasteiger charge is -2.20. The van der Waals surface area contributed by atoms with Gasteiger partial charge in [-0.2, -0.15) is 4.98 Å². The molecule has 0 radical (unpaired) electrons. The molecule has 1 aromatic rings. The molecular weight excluding hydrogens is 192 g/mol. The van der Waals surface area contributed by atoms with Gasteiger partial charge in [-0.15, -0.1) is 0 Å². The average molecular weight is 210 g/mol. The molecule has 1 aliphatic carbocycles. The van der Waals surface area contributed by atoms with Gasteiger partial charge in [0.05, 0.1) is 6.54 Å². The maximum Gasteiger partial charge on any atom is 0.240 e. The van der Waals surface area contributed by atoms with Crippen LogP contribution in [0.4, 0.5) is 0 Å². The quantitative estimate of drug-likeness (QED) is 0.775. The van der Waals surface area contributed by atoms with E-state index in [-0.39, 0.29) is 0 Å². The Morgan fingerprint density at radius 1 is 1.60 bits per heavy atom. The second kappa shape index (κ2) is 4.28. The maximum absolute atomic E-state index is 5.58. The van der Waals surface area contributed by atoms with Crippen LogP contribution in [0.25, 0.3) is 0 Å². The van der Waals surface area contributed by atoms with Crippen molar-refractivity contribution in [1.29, 1.82) is 0 Å². The number of nitrogens with two attached hydrogens (primary N) is 1. The molecule has 15 heavy (non-hydrogen) atoms. The van der Waals surface area contributed by atoms with Crippen molar-refractivity contribution >= 4 is 0 Å². The first kappa shape index (κ1) is 10.6. The highest BCUT2D eigenvalue weighted by molar-refractivity contribution is 5.03. The van der Waals surface area contributed by atoms with Crippen LogP contribution in [-0.4, -0.2) is 34.7 Å². The number of likely N-dealkylation sites (N-methyl/N-ethyl adjacent to an activating group) is 1. The van der Waals surface area contributed by atoms with E-state index < -0.39 is 0 Å². The van der Waals surface area contributed by atoms with Gasteiger partial charge in [-0.25, -0.2) is 0 Å². The highest BCUT2D eigenvalue weighted by Gasteiger charge is 2.28. The standard InChI is InChI=1S/C10H18N4O/c1-7(5-11)14(2)6-9-12-10(13-15-9)8-3-4-8/h7-8H,3-6,11H2,1-2H3. The van der Waals surface area contributed by atoms with E-state index in [2.05, 4.69) is 22.0 Å². The predicted octanol–water partition coefficient (Wildman–Crippen LogP) is 0.726. The Bertz CT molecular complexity index is 321. The predicted molar refractivity (Wildman–Crippen MR) is 56.3 cm³/mol. The van der Waals surface area contributed by atoms with Crippen molar-refractivity contribution in [2.45, 2.75) is 38.3 Å². The van der Waals surface area contributed by atoms with Gasteiger partial charge in [-0.05, 0) is 26.8 Å². The third-order valence-electron chi connectivity index (χ3n) is 2.90. The molecule has 0 bridgehead atoms. The fraction of sp³-hybridized carbons (Fsp3) is 0.800. The van der Waals surface area contributed by atoms with Crippen molar-refractivity contribution in [2.24, 2.45) is 5.73 Å². The molecule has 1 aliphatic rings. The van der Waals surface area contributed by atoms with Gasteiger partial charge >= 0.3 is 0 Å². The lowest BCUT2D eigenvalue weighted by molar-refractivity contribution is 0.218. The molecule has 0 saturated heterocycles. The highest BCUT2D eigenvalue weighted by atomic mass is 16.5. The largest absolute Gasteiger partial charge is 0.338 e. The topological polar surface area (TPSA) is 68.2 Å². The second-order valence-corrected chi connectivity index (χ2v) is 4.32. The van der Waals surface area contributed by atoms with E-state index in [9.17, 15) is 0 Å². The molecule has 2 rings (SSSR count). The minimum absolute atomic E-state index is 0.335. The summed E-state index contributed by atoms with van der Waals surface area (Å²) < 4.78 is 5.19. The monoisotopic (exact) mass is 210 g/mol. The summed E-state index contributed by atoms with van der Waals surface area (Å²) in [5.74, 6) is 2.12. The highest BCUT2D eigenvalue weighted by Crippen LogP contribution is 2.38. The minimum atomic E-state index is 0.335. The van der Waals surface area contributed by atoms with Crippen LogP contribution in [0.5, 0.6) is 0 Å². The van der Waals surface area contributed by atoms with Crippen LogP contribution in [0.2, 0.25) is 0 Å². The zero-order chi connectivity index (χ0) is 10.8. The fourth-order valence-electron chi connectivity index (χ4n) is 1.39. The Balaban J connectivity index is 1.91. The summed E-state index contributed by atoms with van der Waals surface area (Å²) >= 11 is 0. The Morgan fingerprint density at radius 3 is 2.93 bits per heavy atom. The Morgan fingerprint density at radius 2 is 2.33 bits per heavy atom. The summed E-state index contributed by atoms with van der Waals surface area (Å²) in [6, 6.07) is 0.335. The molecule has 2 N–H and O–H groups in total. The molecule has 1 fully saturated rings. The smallest absolute Gasteiger partial charge is 0.240 e. The summed E-state index contributed by atoms with van der Waals surface area (Å²) in [5.41, 5.74) is 5.58. The minimum Gasteiger partial charge on any atom is -0.338 e. The molecule has 1 heterocycles. The van der Waals surface area contributed by atoms with Crippen LogP contribution in [0.3, 0.4) is 0 Å². The Hall–Kier alpha value is -0.940. The number of rotatable bonds is 5. The first-order valence-corrected chi connectivity index (χ1v) is 5.43. The zero-order valence-electron chi connectivity index (χ0n) is 9.31. The zero-order valence-corrected chi connectivity index (χ0v) is 9.31. The molecule has 0 aromatic carbocycles. The van der Waals surface area contributed by atoms with Crippen LogP contribution in [0, 0.1) is 0 Å². The van der Waals surface area contributed by atoms with Crippen LogP contribution < -0.4 is 5.73 Å². The molecule has 0 aliphatic heterocycles. The van der Waals surface area contributed by atoms with E-state index in [1.165, 1.54) is 12.8 Å². The van der Waals surface area contributed by atoms with E-state index in [1.54, 1.807) is 0 Å². The van der Waals surface area contributed by atoms with E-state index >= 15 is 0 Å². The molecule has 1 atom stereocenters. The number of nitrogens with zero attached hydrogens (tertiary/aromatic N) is 3. The van der Waals surface area contributed by atoms with Gasteiger partial charge in [0, 0.05) is 18.5 Å². The summed E-state index contributed by atoms with van der Waals surface area (Å²) in [6.07, 6.45) is 2.40. The van der Waals surface area contributed by atoms with Gasteiger partial charge in [-0.3, -0.25) is 4.90 Å². The van der Waals surface area contributed by atoms with Crippen molar-refractivity contribution < 1.29 is 4.52 Å². The first-order valence-electron chi connectivity index (χ1n) is 5.43. The third kappa shape index (κ3) is 2.54.